The molecule has 126 valence electrons. The molecule has 0 spiro atoms. The topological polar surface area (TPSA) is 52.2 Å². The van der Waals surface area contributed by atoms with Crippen molar-refractivity contribution in [2.75, 3.05) is 0 Å². The highest BCUT2D eigenvalue weighted by Gasteiger charge is 2.27. The van der Waals surface area contributed by atoms with Crippen molar-refractivity contribution >= 4 is 27.3 Å². The van der Waals surface area contributed by atoms with E-state index in [0.717, 1.165) is 34.3 Å². The van der Waals surface area contributed by atoms with Gasteiger partial charge in [0.25, 0.3) is 5.56 Å². The largest absolute Gasteiger partial charge is 0.268 e. The predicted molar refractivity (Wildman–Crippen MR) is 100 cm³/mol. The molecule has 3 heterocycles. The van der Waals surface area contributed by atoms with E-state index >= 15 is 0 Å². The number of nitrogens with zero attached hydrogens (tertiary/aromatic N) is 4. The number of aromatic nitrogens is 4. The number of hydrogen-bond acceptors (Lipinski definition) is 4. The highest BCUT2D eigenvalue weighted by molar-refractivity contribution is 7.18. The molecule has 0 fully saturated rings. The molecule has 5 nitrogen and oxygen atoms in total. The molecule has 3 aromatic heterocycles. The van der Waals surface area contributed by atoms with Crippen molar-refractivity contribution in [2.24, 2.45) is 0 Å². The molecule has 1 aliphatic rings. The van der Waals surface area contributed by atoms with E-state index in [9.17, 15) is 4.79 Å². The first-order valence-corrected chi connectivity index (χ1v) is 9.44. The Morgan fingerprint density at radius 2 is 2.04 bits per heavy atom. The fourth-order valence-corrected chi connectivity index (χ4v) is 5.35. The van der Waals surface area contributed by atoms with Gasteiger partial charge in [-0.05, 0) is 49.8 Å². The molecule has 0 N–H and O–H groups in total. The van der Waals surface area contributed by atoms with Gasteiger partial charge in [-0.15, -0.1) is 21.5 Å². The van der Waals surface area contributed by atoms with E-state index in [0.29, 0.717) is 11.7 Å². The molecule has 25 heavy (non-hydrogen) atoms. The van der Waals surface area contributed by atoms with E-state index in [4.69, 9.17) is 0 Å². The van der Waals surface area contributed by atoms with Crippen LogP contribution in [0.2, 0.25) is 0 Å². The lowest BCUT2D eigenvalue weighted by atomic mass is 9.88. The fourth-order valence-electron chi connectivity index (χ4n) is 3.93. The minimum absolute atomic E-state index is 0.0191. The van der Waals surface area contributed by atoms with Gasteiger partial charge < -0.3 is 0 Å². The van der Waals surface area contributed by atoms with Gasteiger partial charge in [0.15, 0.2) is 0 Å². The highest BCUT2D eigenvalue weighted by atomic mass is 32.1. The minimum Gasteiger partial charge on any atom is -0.268 e. The Labute approximate surface area is 148 Å². The molecule has 0 aliphatic heterocycles. The zero-order chi connectivity index (χ0) is 17.1. The molecule has 6 heteroatoms. The quantitative estimate of drug-likeness (QED) is 0.524. The standard InChI is InChI=1S/C19H18N4OS/c1-11-6-8-13(9-7-11)23-17(24)16-15-12(2)4-3-5-14(15)25-18(16)22-10-20-21-19(22)23/h6-10,12H,3-5H2,1-2H3. The van der Waals surface area contributed by atoms with Crippen LogP contribution in [0.3, 0.4) is 0 Å². The van der Waals surface area contributed by atoms with Gasteiger partial charge >= 0.3 is 0 Å². The van der Waals surface area contributed by atoms with Crippen molar-refractivity contribution in [2.45, 2.75) is 39.0 Å². The van der Waals surface area contributed by atoms with E-state index in [-0.39, 0.29) is 5.56 Å². The summed E-state index contributed by atoms with van der Waals surface area (Å²) in [7, 11) is 0. The van der Waals surface area contributed by atoms with Gasteiger partial charge in [-0.1, -0.05) is 24.6 Å². The maximum atomic E-state index is 13.5. The summed E-state index contributed by atoms with van der Waals surface area (Å²) in [4.78, 5) is 15.8. The van der Waals surface area contributed by atoms with Crippen LogP contribution in [0.5, 0.6) is 0 Å². The summed E-state index contributed by atoms with van der Waals surface area (Å²) in [6.07, 6.45) is 5.11. The second-order valence-electron chi connectivity index (χ2n) is 6.89. The van der Waals surface area contributed by atoms with Gasteiger partial charge in [0.05, 0.1) is 11.1 Å². The van der Waals surface area contributed by atoms with E-state index in [2.05, 4.69) is 17.1 Å². The molecule has 1 aliphatic carbocycles. The Morgan fingerprint density at radius 3 is 2.84 bits per heavy atom. The van der Waals surface area contributed by atoms with Crippen molar-refractivity contribution in [3.8, 4) is 5.69 Å². The first-order valence-electron chi connectivity index (χ1n) is 8.62. The summed E-state index contributed by atoms with van der Waals surface area (Å²) in [6, 6.07) is 7.98. The third-order valence-corrected chi connectivity index (χ3v) is 6.46. The van der Waals surface area contributed by atoms with E-state index in [1.165, 1.54) is 16.9 Å². The van der Waals surface area contributed by atoms with Crippen LogP contribution in [-0.2, 0) is 6.42 Å². The average Bonchev–Trinajstić information content (AvgIpc) is 3.21. The lowest BCUT2D eigenvalue weighted by Crippen LogP contribution is -2.22. The van der Waals surface area contributed by atoms with Crippen molar-refractivity contribution in [3.63, 3.8) is 0 Å². The van der Waals surface area contributed by atoms with Crippen LogP contribution in [-0.4, -0.2) is 19.2 Å². The van der Waals surface area contributed by atoms with Crippen LogP contribution < -0.4 is 5.56 Å². The SMILES string of the molecule is Cc1ccc(-n2c(=O)c3c4c(sc3n3cnnc23)CCCC4C)cc1. The summed E-state index contributed by atoms with van der Waals surface area (Å²) >= 11 is 1.73. The Kier molecular flexibility index (Phi) is 3.12. The molecule has 0 amide bonds. The summed E-state index contributed by atoms with van der Waals surface area (Å²) < 4.78 is 3.66. The maximum absolute atomic E-state index is 13.5. The Bertz CT molecular complexity index is 1170. The third kappa shape index (κ3) is 2.03. The second-order valence-corrected chi connectivity index (χ2v) is 7.97. The van der Waals surface area contributed by atoms with E-state index < -0.39 is 0 Å². The molecule has 5 rings (SSSR count). The van der Waals surface area contributed by atoms with Crippen LogP contribution in [0.1, 0.15) is 41.7 Å². The first kappa shape index (κ1) is 14.8. The number of fused-ring (bicyclic) bond motifs is 5. The molecule has 0 saturated heterocycles. The van der Waals surface area contributed by atoms with Crippen LogP contribution >= 0.6 is 11.3 Å². The Morgan fingerprint density at radius 1 is 1.24 bits per heavy atom. The van der Waals surface area contributed by atoms with Gasteiger partial charge in [0.1, 0.15) is 11.2 Å². The third-order valence-electron chi connectivity index (χ3n) is 5.19. The molecule has 0 saturated carbocycles. The smallest absolute Gasteiger partial charge is 0.268 e. The number of rotatable bonds is 1. The van der Waals surface area contributed by atoms with Gasteiger partial charge in [-0.2, -0.15) is 0 Å². The molecule has 1 aromatic carbocycles. The van der Waals surface area contributed by atoms with Crippen LogP contribution in [0, 0.1) is 6.92 Å². The van der Waals surface area contributed by atoms with Crippen molar-refractivity contribution in [1.82, 2.24) is 19.2 Å². The second kappa shape index (κ2) is 5.26. The van der Waals surface area contributed by atoms with Crippen molar-refractivity contribution < 1.29 is 0 Å². The molecule has 1 atom stereocenters. The Hall–Kier alpha value is -2.47. The fraction of sp³-hybridized carbons (Fsp3) is 0.316. The number of thiophene rings is 1. The molecule has 0 bridgehead atoms. The van der Waals surface area contributed by atoms with Crippen molar-refractivity contribution in [3.05, 3.63) is 57.0 Å². The van der Waals surface area contributed by atoms with Gasteiger partial charge in [-0.25, -0.2) is 4.57 Å². The first-order chi connectivity index (χ1) is 12.1. The summed E-state index contributed by atoms with van der Waals surface area (Å²) in [6.45, 7) is 4.27. The van der Waals surface area contributed by atoms with Gasteiger partial charge in [0.2, 0.25) is 5.78 Å². The van der Waals surface area contributed by atoms with Crippen LogP contribution in [0.15, 0.2) is 35.4 Å². The molecule has 0 radical (unpaired) electrons. The van der Waals surface area contributed by atoms with E-state index in [1.54, 1.807) is 22.2 Å². The predicted octanol–water partition coefficient (Wildman–Crippen LogP) is 3.84. The lowest BCUT2D eigenvalue weighted by Gasteiger charge is -2.18. The lowest BCUT2D eigenvalue weighted by molar-refractivity contribution is 0.601. The molecule has 1 unspecified atom stereocenters. The van der Waals surface area contributed by atoms with Crippen molar-refractivity contribution in [1.29, 1.82) is 0 Å². The highest BCUT2D eigenvalue weighted by Crippen LogP contribution is 2.41. The Balaban J connectivity index is 1.96. The zero-order valence-corrected chi connectivity index (χ0v) is 15.0. The van der Waals surface area contributed by atoms with Gasteiger partial charge in [0, 0.05) is 4.88 Å². The zero-order valence-electron chi connectivity index (χ0n) is 14.2. The van der Waals surface area contributed by atoms with Gasteiger partial charge in [-0.3, -0.25) is 9.20 Å². The number of hydrogen-bond donors (Lipinski definition) is 0. The minimum atomic E-state index is 0.0191. The summed E-state index contributed by atoms with van der Waals surface area (Å²) in [5.41, 5.74) is 3.26. The van der Waals surface area contributed by atoms with Crippen LogP contribution in [0.25, 0.3) is 21.7 Å². The summed E-state index contributed by atoms with van der Waals surface area (Å²) in [5.74, 6) is 0.998. The van der Waals surface area contributed by atoms with E-state index in [1.807, 2.05) is 35.6 Å². The van der Waals surface area contributed by atoms with Crippen LogP contribution in [0.4, 0.5) is 0 Å². The number of aryl methyl sites for hydroxylation is 2. The maximum Gasteiger partial charge on any atom is 0.268 e. The monoisotopic (exact) mass is 350 g/mol. The molecular weight excluding hydrogens is 332 g/mol. The normalized spacial score (nSPS) is 17.3. The molecular formula is C19H18N4OS. The average molecular weight is 350 g/mol. The number of benzene rings is 1. The summed E-state index contributed by atoms with van der Waals surface area (Å²) in [5, 5.41) is 9.16. The molecule has 4 aromatic rings.